The molecule has 0 aliphatic carbocycles. The van der Waals surface area contributed by atoms with Gasteiger partial charge in [0, 0.05) is 43.5 Å². The van der Waals surface area contributed by atoms with Crippen molar-refractivity contribution in [2.75, 3.05) is 11.6 Å². The molecule has 1 aliphatic heterocycles. The van der Waals surface area contributed by atoms with Crippen molar-refractivity contribution < 1.29 is 26.4 Å². The molecule has 0 unspecified atom stereocenters. The van der Waals surface area contributed by atoms with E-state index < -0.39 is 28.2 Å². The Labute approximate surface area is 205 Å². The van der Waals surface area contributed by atoms with E-state index in [0.717, 1.165) is 23.9 Å². The van der Waals surface area contributed by atoms with Crippen LogP contribution in [0.2, 0.25) is 10.0 Å². The van der Waals surface area contributed by atoms with Crippen molar-refractivity contribution in [3.63, 3.8) is 0 Å². The number of nitrogens with one attached hydrogen (secondary N) is 1. The van der Waals surface area contributed by atoms with Crippen LogP contribution in [0, 0.1) is 0 Å². The molecule has 1 aliphatic rings. The molecule has 1 heterocycles. The van der Waals surface area contributed by atoms with Crippen LogP contribution < -0.4 is 4.72 Å². The Morgan fingerprint density at radius 2 is 1.88 bits per heavy atom. The Bertz CT molecular complexity index is 1140. The number of hydrogen-bond acceptors (Lipinski definition) is 5. The van der Waals surface area contributed by atoms with E-state index in [9.17, 15) is 21.6 Å². The fourth-order valence-corrected chi connectivity index (χ4v) is 6.56. The SMILES string of the molecule is CCNS(=O)(=O)CSc1ccc(C2=NO[C@@](c3cc(Cl)cc(Cl)c3)(C(F)(F)F)C2)cc1Br. The summed E-state index contributed by atoms with van der Waals surface area (Å²) in [6.07, 6.45) is -5.37. The Kier molecular flexibility index (Phi) is 7.78. The van der Waals surface area contributed by atoms with E-state index in [0.29, 0.717) is 14.9 Å². The summed E-state index contributed by atoms with van der Waals surface area (Å²) in [5.74, 6) is 0. The summed E-state index contributed by atoms with van der Waals surface area (Å²) in [6, 6.07) is 8.38. The summed E-state index contributed by atoms with van der Waals surface area (Å²) >= 11 is 16.2. The second kappa shape index (κ2) is 9.71. The lowest BCUT2D eigenvalue weighted by atomic mass is 9.86. The van der Waals surface area contributed by atoms with Crippen LogP contribution in [0.3, 0.4) is 0 Å². The van der Waals surface area contributed by atoms with Gasteiger partial charge >= 0.3 is 6.18 Å². The van der Waals surface area contributed by atoms with Gasteiger partial charge in [0.2, 0.25) is 10.0 Å². The molecule has 0 aromatic heterocycles. The average molecular weight is 592 g/mol. The van der Waals surface area contributed by atoms with Crippen molar-refractivity contribution in [1.82, 2.24) is 4.72 Å². The minimum atomic E-state index is -4.79. The Balaban J connectivity index is 1.86. The smallest absolute Gasteiger partial charge is 0.374 e. The average Bonchev–Trinajstić information content (AvgIpc) is 3.13. The van der Waals surface area contributed by atoms with Crippen LogP contribution >= 0.6 is 50.9 Å². The third-order valence-corrected chi connectivity index (χ3v) is 8.98. The van der Waals surface area contributed by atoms with Crippen LogP contribution in [0.25, 0.3) is 0 Å². The fraction of sp³-hybridized carbons (Fsp3) is 0.316. The summed E-state index contributed by atoms with van der Waals surface area (Å²) in [5.41, 5.74) is -2.50. The van der Waals surface area contributed by atoms with Gasteiger partial charge in [0.05, 0.1) is 5.71 Å². The Morgan fingerprint density at radius 3 is 2.44 bits per heavy atom. The molecule has 0 bridgehead atoms. The minimum absolute atomic E-state index is 0.0461. The van der Waals surface area contributed by atoms with Crippen molar-refractivity contribution in [2.45, 2.75) is 30.0 Å². The normalized spacial score (nSPS) is 19.0. The number of alkyl halides is 3. The van der Waals surface area contributed by atoms with Crippen LogP contribution in [-0.4, -0.2) is 31.9 Å². The molecule has 3 rings (SSSR count). The van der Waals surface area contributed by atoms with E-state index in [-0.39, 0.29) is 33.0 Å². The molecule has 0 spiro atoms. The molecule has 1 atom stereocenters. The largest absolute Gasteiger partial charge is 0.435 e. The number of nitrogens with zero attached hydrogens (tertiary/aromatic N) is 1. The number of halogens is 6. The lowest BCUT2D eigenvalue weighted by Gasteiger charge is -2.29. The maximum Gasteiger partial charge on any atom is 0.435 e. The van der Waals surface area contributed by atoms with Crippen LogP contribution in [0.1, 0.15) is 24.5 Å². The highest BCUT2D eigenvalue weighted by Crippen LogP contribution is 2.50. The first-order valence-electron chi connectivity index (χ1n) is 9.05. The highest BCUT2D eigenvalue weighted by Gasteiger charge is 2.62. The molecule has 0 saturated heterocycles. The Morgan fingerprint density at radius 1 is 1.22 bits per heavy atom. The highest BCUT2D eigenvalue weighted by atomic mass is 79.9. The van der Waals surface area contributed by atoms with E-state index in [1.807, 2.05) is 0 Å². The summed E-state index contributed by atoms with van der Waals surface area (Å²) in [4.78, 5) is 5.60. The number of oxime groups is 1. The standard InChI is InChI=1S/C19H16BrCl2F3N2O3S2/c1-2-26-32(28,29)10-31-17-4-3-11(5-15(17)20)16-9-18(30-27-16,19(23,24)25)12-6-13(21)8-14(22)7-12/h3-8,26H,2,9-10H2,1H3/t18-/m0/s1. The van der Waals surface area contributed by atoms with E-state index in [2.05, 4.69) is 25.8 Å². The van der Waals surface area contributed by atoms with Gasteiger partial charge in [-0.15, -0.1) is 11.8 Å². The van der Waals surface area contributed by atoms with Crippen LogP contribution in [0.15, 0.2) is 50.9 Å². The Hall–Kier alpha value is -0.980. The topological polar surface area (TPSA) is 67.8 Å². The molecular weight excluding hydrogens is 576 g/mol. The van der Waals surface area contributed by atoms with E-state index in [4.69, 9.17) is 28.0 Å². The maximum absolute atomic E-state index is 14.1. The summed E-state index contributed by atoms with van der Waals surface area (Å²) in [5, 5.41) is 3.61. The number of hydrogen-bond donors (Lipinski definition) is 1. The van der Waals surface area contributed by atoms with E-state index >= 15 is 0 Å². The van der Waals surface area contributed by atoms with Gasteiger partial charge in [-0.3, -0.25) is 0 Å². The second-order valence-electron chi connectivity index (χ2n) is 6.81. The summed E-state index contributed by atoms with van der Waals surface area (Å²) < 4.78 is 68.9. The third-order valence-electron chi connectivity index (χ3n) is 4.51. The maximum atomic E-state index is 14.1. The summed E-state index contributed by atoms with van der Waals surface area (Å²) in [7, 11) is -3.44. The van der Waals surface area contributed by atoms with Gasteiger partial charge in [-0.05, 0) is 46.3 Å². The number of sulfonamides is 1. The van der Waals surface area contributed by atoms with Gasteiger partial charge in [-0.2, -0.15) is 13.2 Å². The third kappa shape index (κ3) is 5.56. The van der Waals surface area contributed by atoms with Crippen molar-refractivity contribution in [1.29, 1.82) is 0 Å². The van der Waals surface area contributed by atoms with Gasteiger partial charge in [0.25, 0.3) is 5.60 Å². The van der Waals surface area contributed by atoms with Gasteiger partial charge in [0.1, 0.15) is 5.08 Å². The van der Waals surface area contributed by atoms with Crippen molar-refractivity contribution in [2.24, 2.45) is 5.16 Å². The highest BCUT2D eigenvalue weighted by molar-refractivity contribution is 9.10. The molecule has 5 nitrogen and oxygen atoms in total. The van der Waals surface area contributed by atoms with Gasteiger partial charge in [0.15, 0.2) is 0 Å². The lowest BCUT2D eigenvalue weighted by molar-refractivity contribution is -0.275. The fourth-order valence-electron chi connectivity index (χ4n) is 3.05. The second-order valence-corrected chi connectivity index (χ2v) is 11.7. The zero-order valence-corrected chi connectivity index (χ0v) is 21.1. The van der Waals surface area contributed by atoms with Crippen molar-refractivity contribution >= 4 is 66.6 Å². The van der Waals surface area contributed by atoms with Gasteiger partial charge in [-0.1, -0.05) is 41.3 Å². The van der Waals surface area contributed by atoms with Crippen molar-refractivity contribution in [3.05, 3.63) is 62.0 Å². The lowest BCUT2D eigenvalue weighted by Crippen LogP contribution is -2.42. The molecule has 0 amide bonds. The molecule has 32 heavy (non-hydrogen) atoms. The van der Waals surface area contributed by atoms with Crippen LogP contribution in [-0.2, 0) is 20.5 Å². The van der Waals surface area contributed by atoms with Crippen molar-refractivity contribution in [3.8, 4) is 0 Å². The zero-order valence-electron chi connectivity index (χ0n) is 16.3. The molecule has 0 saturated carbocycles. The van der Waals surface area contributed by atoms with E-state index in [1.165, 1.54) is 6.07 Å². The van der Waals surface area contributed by atoms with E-state index in [1.54, 1.807) is 25.1 Å². The summed E-state index contributed by atoms with van der Waals surface area (Å²) in [6.45, 7) is 1.96. The number of thioether (sulfide) groups is 1. The predicted molar refractivity (Wildman–Crippen MR) is 124 cm³/mol. The number of benzene rings is 2. The predicted octanol–water partition coefficient (Wildman–Crippen LogP) is 6.33. The van der Waals surface area contributed by atoms with Crippen LogP contribution in [0.5, 0.6) is 0 Å². The van der Waals surface area contributed by atoms with Gasteiger partial charge in [-0.25, -0.2) is 13.1 Å². The molecule has 1 N–H and O–H groups in total. The molecule has 2 aromatic carbocycles. The zero-order chi connectivity index (χ0) is 23.7. The first-order chi connectivity index (χ1) is 14.9. The minimum Gasteiger partial charge on any atom is -0.374 e. The molecule has 0 fully saturated rings. The molecule has 13 heteroatoms. The molecule has 174 valence electrons. The first kappa shape index (κ1) is 25.6. The molecule has 2 aromatic rings. The molecule has 0 radical (unpaired) electrons. The number of rotatable bonds is 7. The van der Waals surface area contributed by atoms with Crippen LogP contribution in [0.4, 0.5) is 13.2 Å². The monoisotopic (exact) mass is 590 g/mol. The molecular formula is C19H16BrCl2F3N2O3S2. The van der Waals surface area contributed by atoms with Gasteiger partial charge < -0.3 is 4.84 Å². The first-order valence-corrected chi connectivity index (χ1v) is 13.2. The quantitative estimate of drug-likeness (QED) is 0.382.